The Morgan fingerprint density at radius 2 is 2.00 bits per heavy atom. The second-order valence-corrected chi connectivity index (χ2v) is 4.21. The van der Waals surface area contributed by atoms with Crippen molar-refractivity contribution in [1.29, 1.82) is 0 Å². The minimum absolute atomic E-state index is 0.0789. The van der Waals surface area contributed by atoms with E-state index in [2.05, 4.69) is 0 Å². The van der Waals surface area contributed by atoms with Crippen LogP contribution in [0.3, 0.4) is 0 Å². The maximum Gasteiger partial charge on any atom is 0.317 e. The van der Waals surface area contributed by atoms with Gasteiger partial charge in [-0.05, 0) is 38.6 Å². The maximum atomic E-state index is 12.8. The molecule has 1 rings (SSSR count). The second kappa shape index (κ2) is 5.29. The second-order valence-electron chi connectivity index (χ2n) is 4.21. The van der Waals surface area contributed by atoms with Crippen molar-refractivity contribution in [1.82, 2.24) is 4.90 Å². The Hall–Kier alpha value is -0.640. The Labute approximate surface area is 83.9 Å². The minimum atomic E-state index is -0.799. The van der Waals surface area contributed by atoms with E-state index < -0.39 is 12.1 Å². The lowest BCUT2D eigenvalue weighted by atomic mass is 9.88. The molecule has 1 aliphatic carbocycles. The molecule has 4 heteroatoms. The van der Waals surface area contributed by atoms with Crippen LogP contribution in [-0.2, 0) is 4.79 Å². The molecule has 0 aromatic carbocycles. The fourth-order valence-corrected chi connectivity index (χ4v) is 2.04. The van der Waals surface area contributed by atoms with Crippen molar-refractivity contribution < 1.29 is 14.3 Å². The van der Waals surface area contributed by atoms with Crippen LogP contribution in [-0.4, -0.2) is 42.3 Å². The van der Waals surface area contributed by atoms with Gasteiger partial charge < -0.3 is 5.11 Å². The molecule has 0 unspecified atom stereocenters. The van der Waals surface area contributed by atoms with Crippen molar-refractivity contribution in [3.8, 4) is 0 Å². The van der Waals surface area contributed by atoms with Gasteiger partial charge in [0.05, 0.1) is 6.54 Å². The summed E-state index contributed by atoms with van der Waals surface area (Å²) < 4.78 is 12.8. The summed E-state index contributed by atoms with van der Waals surface area (Å²) in [5, 5.41) is 8.55. The molecule has 0 heterocycles. The topological polar surface area (TPSA) is 40.5 Å². The van der Waals surface area contributed by atoms with Crippen LogP contribution in [0.4, 0.5) is 4.39 Å². The highest BCUT2D eigenvalue weighted by Gasteiger charge is 2.21. The normalized spacial score (nSPS) is 27.9. The van der Waals surface area contributed by atoms with Gasteiger partial charge in [-0.3, -0.25) is 9.69 Å². The average molecular weight is 203 g/mol. The lowest BCUT2D eigenvalue weighted by Crippen LogP contribution is -2.32. The van der Waals surface area contributed by atoms with Crippen molar-refractivity contribution in [2.24, 2.45) is 5.92 Å². The van der Waals surface area contributed by atoms with Crippen LogP contribution >= 0.6 is 0 Å². The van der Waals surface area contributed by atoms with E-state index >= 15 is 0 Å². The van der Waals surface area contributed by atoms with Crippen molar-refractivity contribution in [2.45, 2.75) is 31.9 Å². The van der Waals surface area contributed by atoms with Gasteiger partial charge in [0.1, 0.15) is 6.17 Å². The van der Waals surface area contributed by atoms with Crippen LogP contribution < -0.4 is 0 Å². The van der Waals surface area contributed by atoms with Crippen molar-refractivity contribution in [2.75, 3.05) is 20.1 Å². The van der Waals surface area contributed by atoms with Crippen molar-refractivity contribution >= 4 is 5.97 Å². The zero-order chi connectivity index (χ0) is 10.6. The molecule has 0 radical (unpaired) electrons. The van der Waals surface area contributed by atoms with Gasteiger partial charge in [-0.1, -0.05) is 0 Å². The zero-order valence-corrected chi connectivity index (χ0v) is 8.58. The van der Waals surface area contributed by atoms with Crippen molar-refractivity contribution in [3.63, 3.8) is 0 Å². The number of aliphatic carboxylic acids is 1. The first-order chi connectivity index (χ1) is 6.58. The Kier molecular flexibility index (Phi) is 4.32. The van der Waals surface area contributed by atoms with E-state index in [-0.39, 0.29) is 6.54 Å². The number of carboxylic acids is 1. The van der Waals surface area contributed by atoms with E-state index in [0.29, 0.717) is 18.8 Å². The van der Waals surface area contributed by atoms with Gasteiger partial charge in [0, 0.05) is 6.54 Å². The Morgan fingerprint density at radius 3 is 2.50 bits per heavy atom. The number of carbonyl (C=O) groups is 1. The number of alkyl halides is 1. The molecule has 1 saturated carbocycles. The third-order valence-corrected chi connectivity index (χ3v) is 2.75. The van der Waals surface area contributed by atoms with Crippen LogP contribution in [0.25, 0.3) is 0 Å². The van der Waals surface area contributed by atoms with Crippen LogP contribution in [0.2, 0.25) is 0 Å². The molecular formula is C10H18FNO2. The summed E-state index contributed by atoms with van der Waals surface area (Å²) in [7, 11) is 1.80. The average Bonchev–Trinajstić information content (AvgIpc) is 2.07. The summed E-state index contributed by atoms with van der Waals surface area (Å²) in [5.74, 6) is -0.321. The number of hydrogen-bond acceptors (Lipinski definition) is 2. The molecule has 0 aliphatic heterocycles. The number of halogens is 1. The molecule has 0 saturated heterocycles. The van der Waals surface area contributed by atoms with Crippen LogP contribution in [0.15, 0.2) is 0 Å². The van der Waals surface area contributed by atoms with Gasteiger partial charge in [-0.25, -0.2) is 4.39 Å². The van der Waals surface area contributed by atoms with E-state index in [0.717, 1.165) is 19.4 Å². The highest BCUT2D eigenvalue weighted by molar-refractivity contribution is 5.68. The highest BCUT2D eigenvalue weighted by atomic mass is 19.1. The first-order valence-electron chi connectivity index (χ1n) is 5.12. The van der Waals surface area contributed by atoms with Gasteiger partial charge in [0.15, 0.2) is 0 Å². The Bertz CT molecular complexity index is 191. The number of rotatable bonds is 4. The summed E-state index contributed by atoms with van der Waals surface area (Å²) in [6, 6.07) is 0. The fraction of sp³-hybridized carbons (Fsp3) is 0.900. The molecule has 0 bridgehead atoms. The number of nitrogens with zero attached hydrogens (tertiary/aromatic N) is 1. The van der Waals surface area contributed by atoms with Crippen LogP contribution in [0, 0.1) is 5.92 Å². The summed E-state index contributed by atoms with van der Waals surface area (Å²) in [6.45, 7) is 0.856. The van der Waals surface area contributed by atoms with Gasteiger partial charge in [-0.15, -0.1) is 0 Å². The number of carboxylic acid groups (broad SMARTS) is 1. The molecule has 14 heavy (non-hydrogen) atoms. The lowest BCUT2D eigenvalue weighted by Gasteiger charge is -2.27. The van der Waals surface area contributed by atoms with Gasteiger partial charge >= 0.3 is 5.97 Å². The summed E-state index contributed by atoms with van der Waals surface area (Å²) in [5.41, 5.74) is 0. The van der Waals surface area contributed by atoms with Crippen LogP contribution in [0.1, 0.15) is 25.7 Å². The Balaban J connectivity index is 2.20. The van der Waals surface area contributed by atoms with Gasteiger partial charge in [0.25, 0.3) is 0 Å². The van der Waals surface area contributed by atoms with Crippen molar-refractivity contribution in [3.05, 3.63) is 0 Å². The third kappa shape index (κ3) is 4.05. The lowest BCUT2D eigenvalue weighted by molar-refractivity contribution is -0.138. The van der Waals surface area contributed by atoms with Gasteiger partial charge in [0.2, 0.25) is 0 Å². The van der Waals surface area contributed by atoms with Gasteiger partial charge in [-0.2, -0.15) is 0 Å². The van der Waals surface area contributed by atoms with E-state index in [4.69, 9.17) is 5.11 Å². The monoisotopic (exact) mass is 203 g/mol. The van der Waals surface area contributed by atoms with E-state index in [9.17, 15) is 9.18 Å². The molecule has 82 valence electrons. The molecule has 0 spiro atoms. The summed E-state index contributed by atoms with van der Waals surface area (Å²) in [6.07, 6.45) is 2.45. The molecule has 1 aliphatic rings. The molecule has 3 nitrogen and oxygen atoms in total. The molecule has 0 aromatic heterocycles. The van der Waals surface area contributed by atoms with E-state index in [1.54, 1.807) is 11.9 Å². The standard InChI is InChI=1S/C10H18FNO2/c1-12(7-10(13)14)6-8-2-4-9(11)5-3-8/h8-9H,2-7H2,1H3,(H,13,14). The minimum Gasteiger partial charge on any atom is -0.480 e. The molecular weight excluding hydrogens is 185 g/mol. The summed E-state index contributed by atoms with van der Waals surface area (Å²) in [4.78, 5) is 12.2. The molecule has 1 N–H and O–H groups in total. The predicted octanol–water partition coefficient (Wildman–Crippen LogP) is 1.53. The molecule has 0 aromatic rings. The molecule has 1 fully saturated rings. The van der Waals surface area contributed by atoms with Crippen LogP contribution in [0.5, 0.6) is 0 Å². The SMILES string of the molecule is CN(CC(=O)O)CC1CCC(F)CC1. The summed E-state index contributed by atoms with van der Waals surface area (Å²) >= 11 is 0. The fourth-order valence-electron chi connectivity index (χ4n) is 2.04. The largest absolute Gasteiger partial charge is 0.480 e. The number of likely N-dealkylation sites (N-methyl/N-ethyl adjacent to an activating group) is 1. The third-order valence-electron chi connectivity index (χ3n) is 2.75. The predicted molar refractivity (Wildman–Crippen MR) is 52.0 cm³/mol. The quantitative estimate of drug-likeness (QED) is 0.753. The molecule has 0 atom stereocenters. The zero-order valence-electron chi connectivity index (χ0n) is 8.58. The Morgan fingerprint density at radius 1 is 1.43 bits per heavy atom. The highest BCUT2D eigenvalue weighted by Crippen LogP contribution is 2.26. The van der Waals surface area contributed by atoms with E-state index in [1.165, 1.54) is 0 Å². The smallest absolute Gasteiger partial charge is 0.317 e. The van der Waals surface area contributed by atoms with E-state index in [1.807, 2.05) is 0 Å². The first kappa shape index (κ1) is 11.4. The number of hydrogen-bond donors (Lipinski definition) is 1. The molecule has 0 amide bonds. The maximum absolute atomic E-state index is 12.8. The first-order valence-corrected chi connectivity index (χ1v) is 5.12.